The molecule has 3 aromatic rings. The first kappa shape index (κ1) is 25.5. The van der Waals surface area contributed by atoms with Crippen LogP contribution in [-0.2, 0) is 34.0 Å². The van der Waals surface area contributed by atoms with Crippen LogP contribution in [0.5, 0.6) is 0 Å². The van der Waals surface area contributed by atoms with E-state index in [2.05, 4.69) is 55.3 Å². The van der Waals surface area contributed by atoms with Crippen LogP contribution in [0.3, 0.4) is 0 Å². The topological polar surface area (TPSA) is 79.4 Å². The molecule has 0 saturated carbocycles. The van der Waals surface area contributed by atoms with Crippen molar-refractivity contribution < 1.29 is 13.2 Å². The lowest BCUT2D eigenvalue weighted by molar-refractivity contribution is -0.115. The van der Waals surface area contributed by atoms with Crippen molar-refractivity contribution in [3.8, 4) is 0 Å². The maximum Gasteiger partial charge on any atom is 0.230 e. The van der Waals surface area contributed by atoms with Gasteiger partial charge in [0.15, 0.2) is 15.0 Å². The van der Waals surface area contributed by atoms with Gasteiger partial charge >= 0.3 is 0 Å². The molecule has 2 heterocycles. The van der Waals surface area contributed by atoms with E-state index in [-0.39, 0.29) is 29.0 Å². The number of nitrogens with zero attached hydrogens (tertiary/aromatic N) is 2. The summed E-state index contributed by atoms with van der Waals surface area (Å²) in [6, 6.07) is 17.7. The minimum atomic E-state index is -3.24. The van der Waals surface area contributed by atoms with Gasteiger partial charge in [-0.3, -0.25) is 9.69 Å². The molecular weight excluding hydrogens is 478 g/mol. The number of carbonyl (C=O) groups excluding carboxylic acids is 1. The molecule has 0 fully saturated rings. The Hall–Kier alpha value is -2.55. The smallest absolute Gasteiger partial charge is 0.230 e. The molecule has 186 valence electrons. The van der Waals surface area contributed by atoms with E-state index < -0.39 is 9.84 Å². The van der Waals surface area contributed by atoms with Crippen LogP contribution in [0.4, 0.5) is 5.13 Å². The average Bonchev–Trinajstić information content (AvgIpc) is 3.37. The first-order valence-corrected chi connectivity index (χ1v) is 14.6. The first-order valence-electron chi connectivity index (χ1n) is 12.1. The molecule has 1 aromatic heterocycles. The van der Waals surface area contributed by atoms with Crippen molar-refractivity contribution in [2.24, 2.45) is 5.92 Å². The first-order chi connectivity index (χ1) is 16.7. The Morgan fingerprint density at radius 1 is 1.09 bits per heavy atom. The number of thiazole rings is 1. The second-order valence-corrected chi connectivity index (χ2v) is 12.9. The molecule has 0 saturated heterocycles. The largest absolute Gasteiger partial charge is 0.302 e. The zero-order valence-corrected chi connectivity index (χ0v) is 22.3. The molecule has 2 atom stereocenters. The maximum atomic E-state index is 12.7. The number of aromatic nitrogens is 1. The Morgan fingerprint density at radius 3 is 2.40 bits per heavy atom. The van der Waals surface area contributed by atoms with E-state index in [0.717, 1.165) is 24.2 Å². The summed E-state index contributed by atoms with van der Waals surface area (Å²) in [5, 5.41) is 3.58. The molecule has 1 amide bonds. The van der Waals surface area contributed by atoms with Crippen molar-refractivity contribution in [1.82, 2.24) is 9.88 Å². The molecule has 0 unspecified atom stereocenters. The van der Waals surface area contributed by atoms with Crippen LogP contribution in [0, 0.1) is 5.92 Å². The number of rotatable bonds is 9. The van der Waals surface area contributed by atoms with E-state index >= 15 is 0 Å². The minimum absolute atomic E-state index is 0.0569. The fourth-order valence-corrected chi connectivity index (χ4v) is 6.62. The van der Waals surface area contributed by atoms with Gasteiger partial charge in [-0.15, -0.1) is 11.3 Å². The minimum Gasteiger partial charge on any atom is -0.302 e. The van der Waals surface area contributed by atoms with Gasteiger partial charge in [-0.2, -0.15) is 0 Å². The molecule has 1 N–H and O–H groups in total. The third-order valence-corrected chi connectivity index (χ3v) is 9.26. The van der Waals surface area contributed by atoms with Crippen LogP contribution < -0.4 is 5.32 Å². The van der Waals surface area contributed by atoms with Gasteiger partial charge < -0.3 is 5.32 Å². The SMILES string of the molecule is CCS(=O)(=O)c1ccc(CC(=O)Nc2nc3c(s2)CN([C@H](C)Cc2ccccc2)[C@@H]3C(C)C)cc1. The molecule has 0 aliphatic carbocycles. The summed E-state index contributed by atoms with van der Waals surface area (Å²) in [4.78, 5) is 21.5. The second kappa shape index (κ2) is 10.6. The number of hydrogen-bond donors (Lipinski definition) is 1. The van der Waals surface area contributed by atoms with Crippen LogP contribution in [-0.4, -0.2) is 36.0 Å². The molecule has 0 bridgehead atoms. The van der Waals surface area contributed by atoms with Crippen molar-refractivity contribution in [3.63, 3.8) is 0 Å². The molecule has 0 spiro atoms. The maximum absolute atomic E-state index is 12.7. The molecule has 4 rings (SSSR count). The predicted octanol–water partition coefficient (Wildman–Crippen LogP) is 5.26. The number of nitrogens with one attached hydrogen (secondary N) is 1. The molecule has 8 heteroatoms. The Bertz CT molecular complexity index is 1270. The van der Waals surface area contributed by atoms with Crippen molar-refractivity contribution in [2.45, 2.75) is 64.1 Å². The summed E-state index contributed by atoms with van der Waals surface area (Å²) in [6.07, 6.45) is 1.16. The average molecular weight is 512 g/mol. The fourth-order valence-electron chi connectivity index (χ4n) is 4.71. The molecule has 1 aliphatic rings. The number of carbonyl (C=O) groups is 1. The highest BCUT2D eigenvalue weighted by atomic mass is 32.2. The summed E-state index contributed by atoms with van der Waals surface area (Å²) in [5.41, 5.74) is 3.18. The van der Waals surface area contributed by atoms with E-state index in [1.807, 2.05) is 6.07 Å². The predicted molar refractivity (Wildman–Crippen MR) is 141 cm³/mol. The Morgan fingerprint density at radius 2 is 1.77 bits per heavy atom. The third-order valence-electron chi connectivity index (χ3n) is 6.54. The van der Waals surface area contributed by atoms with Crippen LogP contribution in [0.25, 0.3) is 0 Å². The van der Waals surface area contributed by atoms with Crippen LogP contribution >= 0.6 is 11.3 Å². The highest BCUT2D eigenvalue weighted by molar-refractivity contribution is 7.91. The van der Waals surface area contributed by atoms with Crippen LogP contribution in [0.1, 0.15) is 55.4 Å². The Kier molecular flexibility index (Phi) is 7.73. The number of sulfone groups is 1. The second-order valence-electron chi connectivity index (χ2n) is 9.50. The lowest BCUT2D eigenvalue weighted by Gasteiger charge is -2.33. The molecule has 35 heavy (non-hydrogen) atoms. The molecule has 1 aliphatic heterocycles. The number of amides is 1. The Balaban J connectivity index is 1.41. The van der Waals surface area contributed by atoms with Crippen molar-refractivity contribution in [1.29, 1.82) is 0 Å². The quantitative estimate of drug-likeness (QED) is 0.424. The molecule has 2 aromatic carbocycles. The molecule has 0 radical (unpaired) electrons. The van der Waals surface area contributed by atoms with Gasteiger partial charge in [0.05, 0.1) is 28.8 Å². The van der Waals surface area contributed by atoms with E-state index in [1.54, 1.807) is 42.5 Å². The number of anilines is 1. The van der Waals surface area contributed by atoms with E-state index in [4.69, 9.17) is 4.98 Å². The van der Waals surface area contributed by atoms with Gasteiger partial charge in [-0.1, -0.05) is 63.2 Å². The van der Waals surface area contributed by atoms with Gasteiger partial charge in [0.2, 0.25) is 5.91 Å². The van der Waals surface area contributed by atoms with E-state index in [1.165, 1.54) is 10.4 Å². The number of hydrogen-bond acceptors (Lipinski definition) is 6. The fraction of sp³-hybridized carbons (Fsp3) is 0.407. The highest BCUT2D eigenvalue weighted by Gasteiger charge is 2.38. The number of fused-ring (bicyclic) bond motifs is 1. The molecular formula is C27H33N3O3S2. The van der Waals surface area contributed by atoms with Gasteiger partial charge in [-0.25, -0.2) is 13.4 Å². The van der Waals surface area contributed by atoms with Gasteiger partial charge in [0.1, 0.15) is 0 Å². The van der Waals surface area contributed by atoms with Gasteiger partial charge in [0, 0.05) is 17.5 Å². The normalized spacial score (nSPS) is 16.9. The summed E-state index contributed by atoms with van der Waals surface area (Å²) in [6.45, 7) is 9.19. The zero-order valence-electron chi connectivity index (χ0n) is 20.7. The lowest BCUT2D eigenvalue weighted by Crippen LogP contribution is -2.35. The highest BCUT2D eigenvalue weighted by Crippen LogP contribution is 2.43. The Labute approximate surface area is 212 Å². The summed E-state index contributed by atoms with van der Waals surface area (Å²) in [5.74, 6) is 0.304. The standard InChI is InChI=1S/C27H33N3O3S2/c1-5-35(32,33)22-13-11-21(12-14-22)16-24(31)28-27-29-25-23(34-27)17-30(26(25)18(2)3)19(4)15-20-9-7-6-8-10-20/h6-14,18-19,26H,5,15-17H2,1-4H3,(H,28,29,31)/t19-,26-/m1/s1. The van der Waals surface area contributed by atoms with Crippen LogP contribution in [0.2, 0.25) is 0 Å². The van der Waals surface area contributed by atoms with Gasteiger partial charge in [0.25, 0.3) is 0 Å². The summed E-state index contributed by atoms with van der Waals surface area (Å²) in [7, 11) is -3.24. The van der Waals surface area contributed by atoms with Crippen LogP contribution in [0.15, 0.2) is 59.5 Å². The monoisotopic (exact) mass is 511 g/mol. The van der Waals surface area contributed by atoms with Crippen molar-refractivity contribution >= 4 is 32.2 Å². The summed E-state index contributed by atoms with van der Waals surface area (Å²) >= 11 is 1.55. The third kappa shape index (κ3) is 5.82. The summed E-state index contributed by atoms with van der Waals surface area (Å²) < 4.78 is 24.0. The molecule has 6 nitrogen and oxygen atoms in total. The van der Waals surface area contributed by atoms with Crippen molar-refractivity contribution in [2.75, 3.05) is 11.1 Å². The van der Waals surface area contributed by atoms with Gasteiger partial charge in [-0.05, 0) is 42.5 Å². The van der Waals surface area contributed by atoms with E-state index in [0.29, 0.717) is 17.1 Å². The van der Waals surface area contributed by atoms with Crippen molar-refractivity contribution in [3.05, 3.63) is 76.3 Å². The lowest BCUT2D eigenvalue weighted by atomic mass is 9.98. The van der Waals surface area contributed by atoms with E-state index in [9.17, 15) is 13.2 Å². The number of benzene rings is 2. The zero-order chi connectivity index (χ0) is 25.2.